The zero-order valence-electron chi connectivity index (χ0n) is 8.09. The molecule has 0 bridgehead atoms. The molecule has 0 radical (unpaired) electrons. The summed E-state index contributed by atoms with van der Waals surface area (Å²) >= 11 is 10.5. The van der Waals surface area contributed by atoms with E-state index in [0.29, 0.717) is 0 Å². The second kappa shape index (κ2) is 4.62. The molecule has 0 saturated carbocycles. The van der Waals surface area contributed by atoms with E-state index in [1.165, 1.54) is 0 Å². The van der Waals surface area contributed by atoms with Gasteiger partial charge in [0.05, 0.1) is 21.2 Å². The van der Waals surface area contributed by atoms with E-state index in [4.69, 9.17) is 23.2 Å². The maximum absolute atomic E-state index is 12.3. The molecule has 0 aliphatic rings. The molecule has 1 nitrogen and oxygen atoms in total. The third-order valence-electron chi connectivity index (χ3n) is 1.85. The predicted molar refractivity (Wildman–Crippen MR) is 51.8 cm³/mol. The average molecular weight is 311 g/mol. The molecule has 18 heavy (non-hydrogen) atoms. The molecule has 0 aromatic heterocycles. The van der Waals surface area contributed by atoms with E-state index in [-0.39, 0.29) is 12.1 Å². The van der Waals surface area contributed by atoms with Crippen molar-refractivity contribution < 1.29 is 31.1 Å². The average Bonchev–Trinajstić information content (AvgIpc) is 2.13. The molecule has 0 fully saturated rings. The van der Waals surface area contributed by atoms with Crippen molar-refractivity contribution in [1.82, 2.24) is 0 Å². The highest BCUT2D eigenvalue weighted by Gasteiger charge is 2.42. The fraction of sp³-hybridized carbons (Fsp3) is 0.222. The Balaban J connectivity index is 3.39. The Labute approximate surface area is 106 Å². The SMILES string of the molecule is O=C(c1c(Cl)cc(C(F)(F)F)cc1Cl)C(F)(F)F. The van der Waals surface area contributed by atoms with Crippen LogP contribution in [0.4, 0.5) is 26.3 Å². The Morgan fingerprint density at radius 1 is 0.944 bits per heavy atom. The van der Waals surface area contributed by atoms with E-state index >= 15 is 0 Å². The second-order valence-electron chi connectivity index (χ2n) is 3.14. The first-order chi connectivity index (χ1) is 7.94. The molecule has 1 aromatic rings. The number of Topliss-reactive ketones (excluding diaryl/α,β-unsaturated/α-hetero) is 1. The third kappa shape index (κ3) is 3.08. The Kier molecular flexibility index (Phi) is 3.88. The van der Waals surface area contributed by atoms with Gasteiger partial charge in [0.1, 0.15) is 0 Å². The molecule has 0 spiro atoms. The number of alkyl halides is 6. The summed E-state index contributed by atoms with van der Waals surface area (Å²) in [6.07, 6.45) is -10.1. The summed E-state index contributed by atoms with van der Waals surface area (Å²) in [7, 11) is 0. The number of hydrogen-bond donors (Lipinski definition) is 0. The van der Waals surface area contributed by atoms with Crippen molar-refractivity contribution in [3.63, 3.8) is 0 Å². The minimum atomic E-state index is -5.27. The van der Waals surface area contributed by atoms with E-state index in [2.05, 4.69) is 0 Å². The van der Waals surface area contributed by atoms with Crippen molar-refractivity contribution in [3.8, 4) is 0 Å². The van der Waals surface area contributed by atoms with Crippen molar-refractivity contribution in [3.05, 3.63) is 33.3 Å². The van der Waals surface area contributed by atoms with Gasteiger partial charge in [-0.25, -0.2) is 0 Å². The predicted octanol–water partition coefficient (Wildman–Crippen LogP) is 4.76. The zero-order valence-corrected chi connectivity index (χ0v) is 9.60. The summed E-state index contributed by atoms with van der Waals surface area (Å²) < 4.78 is 73.3. The molecule has 0 heterocycles. The first kappa shape index (κ1) is 15.1. The summed E-state index contributed by atoms with van der Waals surface area (Å²) in [5, 5.41) is -2.01. The van der Waals surface area contributed by atoms with Crippen LogP contribution in [-0.4, -0.2) is 12.0 Å². The van der Waals surface area contributed by atoms with E-state index < -0.39 is 39.3 Å². The molecular formula is C9H2Cl2F6O. The maximum Gasteiger partial charge on any atom is 0.454 e. The summed E-state index contributed by atoms with van der Waals surface area (Å²) in [6.45, 7) is 0. The van der Waals surface area contributed by atoms with Gasteiger partial charge in [-0.15, -0.1) is 0 Å². The standard InChI is InChI=1S/C9H2Cl2F6O/c10-4-1-3(8(12,13)14)2-5(11)6(4)7(18)9(15,16)17/h1-2H. The van der Waals surface area contributed by atoms with Crippen LogP contribution in [0.3, 0.4) is 0 Å². The summed E-state index contributed by atoms with van der Waals surface area (Å²) in [6, 6.07) is 0.429. The van der Waals surface area contributed by atoms with Crippen LogP contribution in [0.2, 0.25) is 10.0 Å². The van der Waals surface area contributed by atoms with Crippen molar-refractivity contribution in [2.45, 2.75) is 12.4 Å². The van der Waals surface area contributed by atoms with E-state index in [9.17, 15) is 31.1 Å². The van der Waals surface area contributed by atoms with Crippen LogP contribution < -0.4 is 0 Å². The maximum atomic E-state index is 12.3. The summed E-state index contributed by atoms with van der Waals surface area (Å²) in [5.74, 6) is -2.40. The molecule has 0 amide bonds. The lowest BCUT2D eigenvalue weighted by atomic mass is 10.1. The molecule has 0 unspecified atom stereocenters. The number of rotatable bonds is 1. The number of halogens is 8. The zero-order chi connectivity index (χ0) is 14.3. The van der Waals surface area contributed by atoms with Crippen LogP contribution in [0.5, 0.6) is 0 Å². The molecule has 0 saturated heterocycles. The van der Waals surface area contributed by atoms with E-state index in [1.807, 2.05) is 0 Å². The van der Waals surface area contributed by atoms with Gasteiger partial charge < -0.3 is 0 Å². The highest BCUT2D eigenvalue weighted by Crippen LogP contribution is 2.37. The number of ketones is 1. The van der Waals surface area contributed by atoms with Gasteiger partial charge >= 0.3 is 12.4 Å². The van der Waals surface area contributed by atoms with Gasteiger partial charge in [0.15, 0.2) is 0 Å². The van der Waals surface area contributed by atoms with Crippen LogP contribution in [-0.2, 0) is 6.18 Å². The van der Waals surface area contributed by atoms with E-state index in [1.54, 1.807) is 0 Å². The fourth-order valence-electron chi connectivity index (χ4n) is 1.10. The molecule has 100 valence electrons. The third-order valence-corrected chi connectivity index (χ3v) is 2.45. The molecule has 0 aliphatic heterocycles. The van der Waals surface area contributed by atoms with Gasteiger partial charge in [0.25, 0.3) is 5.78 Å². The lowest BCUT2D eigenvalue weighted by Gasteiger charge is -2.12. The minimum Gasteiger partial charge on any atom is -0.284 e. The normalized spacial score (nSPS) is 12.7. The smallest absolute Gasteiger partial charge is 0.284 e. The first-order valence-corrected chi connectivity index (χ1v) is 4.88. The molecular weight excluding hydrogens is 309 g/mol. The molecule has 1 rings (SSSR count). The Morgan fingerprint density at radius 3 is 1.61 bits per heavy atom. The quantitative estimate of drug-likeness (QED) is 0.540. The Morgan fingerprint density at radius 2 is 1.33 bits per heavy atom. The van der Waals surface area contributed by atoms with E-state index in [0.717, 1.165) is 0 Å². The van der Waals surface area contributed by atoms with Gasteiger partial charge in [0, 0.05) is 0 Å². The summed E-state index contributed by atoms with van der Waals surface area (Å²) in [4.78, 5) is 10.9. The number of carbonyl (C=O) groups is 1. The molecule has 9 heteroatoms. The van der Waals surface area contributed by atoms with Crippen molar-refractivity contribution in [1.29, 1.82) is 0 Å². The van der Waals surface area contributed by atoms with Crippen LogP contribution in [0, 0.1) is 0 Å². The van der Waals surface area contributed by atoms with Gasteiger partial charge in [-0.05, 0) is 12.1 Å². The van der Waals surface area contributed by atoms with Crippen LogP contribution in [0.15, 0.2) is 12.1 Å². The Bertz CT molecular complexity index is 468. The first-order valence-electron chi connectivity index (χ1n) is 4.12. The van der Waals surface area contributed by atoms with Crippen molar-refractivity contribution in [2.75, 3.05) is 0 Å². The second-order valence-corrected chi connectivity index (χ2v) is 3.95. The van der Waals surface area contributed by atoms with Gasteiger partial charge in [-0.3, -0.25) is 4.79 Å². The monoisotopic (exact) mass is 310 g/mol. The number of carbonyl (C=O) groups excluding carboxylic acids is 1. The van der Waals surface area contributed by atoms with Gasteiger partial charge in [-0.2, -0.15) is 26.3 Å². The van der Waals surface area contributed by atoms with Crippen LogP contribution in [0.1, 0.15) is 15.9 Å². The lowest BCUT2D eigenvalue weighted by molar-refractivity contribution is -0.137. The van der Waals surface area contributed by atoms with Gasteiger partial charge in [0.2, 0.25) is 0 Å². The van der Waals surface area contributed by atoms with Crippen molar-refractivity contribution in [2.24, 2.45) is 0 Å². The number of benzene rings is 1. The summed E-state index contributed by atoms with van der Waals surface area (Å²) in [5.41, 5.74) is -2.53. The van der Waals surface area contributed by atoms with Crippen LogP contribution >= 0.6 is 23.2 Å². The highest BCUT2D eigenvalue weighted by atomic mass is 35.5. The molecule has 0 atom stereocenters. The topological polar surface area (TPSA) is 17.1 Å². The van der Waals surface area contributed by atoms with Crippen LogP contribution in [0.25, 0.3) is 0 Å². The highest BCUT2D eigenvalue weighted by molar-refractivity contribution is 6.40. The van der Waals surface area contributed by atoms with Crippen molar-refractivity contribution >= 4 is 29.0 Å². The number of hydrogen-bond acceptors (Lipinski definition) is 1. The Hall–Kier alpha value is -0.950. The molecule has 0 aliphatic carbocycles. The molecule has 0 N–H and O–H groups in total. The molecule has 1 aromatic carbocycles. The minimum absolute atomic E-state index is 0.215. The lowest BCUT2D eigenvalue weighted by Crippen LogP contribution is -2.23. The largest absolute Gasteiger partial charge is 0.454 e. The fourth-order valence-corrected chi connectivity index (χ4v) is 1.75. The van der Waals surface area contributed by atoms with Gasteiger partial charge in [-0.1, -0.05) is 23.2 Å².